The van der Waals surface area contributed by atoms with Gasteiger partial charge in [-0.05, 0) is 47.6 Å². The van der Waals surface area contributed by atoms with E-state index in [0.29, 0.717) is 0 Å². The van der Waals surface area contributed by atoms with Crippen molar-refractivity contribution in [2.75, 3.05) is 40.8 Å². The zero-order chi connectivity index (χ0) is 10.3. The van der Waals surface area contributed by atoms with Crippen LogP contribution in [-0.2, 0) is 0 Å². The average molecular weight is 183 g/mol. The highest BCUT2D eigenvalue weighted by atomic mass is 15.1. The van der Waals surface area contributed by atoms with Crippen molar-refractivity contribution in [2.45, 2.75) is 13.3 Å². The molecule has 13 heavy (non-hydrogen) atoms. The highest BCUT2D eigenvalue weighted by Gasteiger charge is 2.04. The third-order valence-electron chi connectivity index (χ3n) is 1.95. The lowest BCUT2D eigenvalue weighted by Crippen LogP contribution is -2.27. The van der Waals surface area contributed by atoms with E-state index in [2.05, 4.69) is 37.0 Å². The molecule has 3 heteroatoms. The Hall–Kier alpha value is -0.590. The van der Waals surface area contributed by atoms with Gasteiger partial charge < -0.3 is 9.80 Å². The van der Waals surface area contributed by atoms with Gasteiger partial charge in [-0.2, -0.15) is 5.26 Å². The summed E-state index contributed by atoms with van der Waals surface area (Å²) in [6.07, 6.45) is 1.17. The third kappa shape index (κ3) is 7.76. The van der Waals surface area contributed by atoms with Gasteiger partial charge in [0.15, 0.2) is 0 Å². The molecule has 0 radical (unpaired) electrons. The first-order valence-corrected chi connectivity index (χ1v) is 4.79. The fourth-order valence-corrected chi connectivity index (χ4v) is 1.26. The van der Waals surface area contributed by atoms with E-state index in [1.807, 2.05) is 6.92 Å². The SMILES string of the molecule is CC(C#N)CN(C)CCCN(C)C. The molecular formula is C10H21N3. The van der Waals surface area contributed by atoms with Gasteiger partial charge in [-0.1, -0.05) is 0 Å². The van der Waals surface area contributed by atoms with Crippen molar-refractivity contribution < 1.29 is 0 Å². The van der Waals surface area contributed by atoms with Crippen LogP contribution in [0.5, 0.6) is 0 Å². The highest BCUT2D eigenvalue weighted by molar-refractivity contribution is 4.80. The van der Waals surface area contributed by atoms with Gasteiger partial charge >= 0.3 is 0 Å². The Balaban J connectivity index is 3.41. The first kappa shape index (κ1) is 12.4. The maximum atomic E-state index is 8.61. The molecule has 0 bridgehead atoms. The number of hydrogen-bond acceptors (Lipinski definition) is 3. The summed E-state index contributed by atoms with van der Waals surface area (Å²) in [6, 6.07) is 2.24. The largest absolute Gasteiger partial charge is 0.309 e. The van der Waals surface area contributed by atoms with E-state index in [-0.39, 0.29) is 5.92 Å². The zero-order valence-electron chi connectivity index (χ0n) is 9.25. The van der Waals surface area contributed by atoms with Gasteiger partial charge in [0.2, 0.25) is 0 Å². The summed E-state index contributed by atoms with van der Waals surface area (Å²) in [6.45, 7) is 5.03. The van der Waals surface area contributed by atoms with Crippen LogP contribution in [0.4, 0.5) is 0 Å². The number of nitriles is 1. The minimum absolute atomic E-state index is 0.143. The summed E-state index contributed by atoms with van der Waals surface area (Å²) < 4.78 is 0. The fraction of sp³-hybridized carbons (Fsp3) is 0.900. The highest BCUT2D eigenvalue weighted by Crippen LogP contribution is 1.97. The van der Waals surface area contributed by atoms with E-state index in [1.54, 1.807) is 0 Å². The molecular weight excluding hydrogens is 162 g/mol. The van der Waals surface area contributed by atoms with Crippen molar-refractivity contribution in [1.82, 2.24) is 9.80 Å². The second-order valence-electron chi connectivity index (χ2n) is 3.95. The molecule has 0 amide bonds. The summed E-state index contributed by atoms with van der Waals surface area (Å²) in [4.78, 5) is 4.40. The van der Waals surface area contributed by atoms with Crippen LogP contribution in [0.15, 0.2) is 0 Å². The molecule has 0 aromatic rings. The molecule has 0 heterocycles. The van der Waals surface area contributed by atoms with E-state index in [0.717, 1.165) is 19.6 Å². The van der Waals surface area contributed by atoms with Crippen LogP contribution < -0.4 is 0 Å². The molecule has 0 aliphatic carbocycles. The average Bonchev–Trinajstić information content (AvgIpc) is 2.03. The van der Waals surface area contributed by atoms with Gasteiger partial charge in [0, 0.05) is 6.54 Å². The summed E-state index contributed by atoms with van der Waals surface area (Å²) >= 11 is 0. The molecule has 0 N–H and O–H groups in total. The quantitative estimate of drug-likeness (QED) is 0.616. The van der Waals surface area contributed by atoms with E-state index in [4.69, 9.17) is 5.26 Å². The molecule has 76 valence electrons. The Morgan fingerprint density at radius 3 is 2.31 bits per heavy atom. The summed E-state index contributed by atoms with van der Waals surface area (Å²) in [5.74, 6) is 0.143. The molecule has 0 saturated heterocycles. The van der Waals surface area contributed by atoms with E-state index in [1.165, 1.54) is 6.42 Å². The van der Waals surface area contributed by atoms with Crippen molar-refractivity contribution in [2.24, 2.45) is 5.92 Å². The Kier molecular flexibility index (Phi) is 6.56. The van der Waals surface area contributed by atoms with Crippen molar-refractivity contribution in [1.29, 1.82) is 5.26 Å². The monoisotopic (exact) mass is 183 g/mol. The van der Waals surface area contributed by atoms with Crippen molar-refractivity contribution in [3.05, 3.63) is 0 Å². The smallest absolute Gasteiger partial charge is 0.0666 e. The predicted molar refractivity (Wildman–Crippen MR) is 55.4 cm³/mol. The standard InChI is InChI=1S/C10H21N3/c1-10(8-11)9-13(4)7-5-6-12(2)3/h10H,5-7,9H2,1-4H3. The second-order valence-corrected chi connectivity index (χ2v) is 3.95. The van der Waals surface area contributed by atoms with Gasteiger partial charge in [-0.15, -0.1) is 0 Å². The lowest BCUT2D eigenvalue weighted by atomic mass is 10.2. The van der Waals surface area contributed by atoms with Gasteiger partial charge in [0.05, 0.1) is 12.0 Å². The Bertz CT molecular complexity index is 160. The normalized spacial score (nSPS) is 13.3. The van der Waals surface area contributed by atoms with Crippen LogP contribution in [0.2, 0.25) is 0 Å². The molecule has 0 spiro atoms. The van der Waals surface area contributed by atoms with Crippen LogP contribution in [0, 0.1) is 17.2 Å². The lowest BCUT2D eigenvalue weighted by Gasteiger charge is -2.18. The Morgan fingerprint density at radius 2 is 1.85 bits per heavy atom. The van der Waals surface area contributed by atoms with Gasteiger partial charge in [-0.3, -0.25) is 0 Å². The molecule has 0 fully saturated rings. The first-order valence-electron chi connectivity index (χ1n) is 4.79. The maximum absolute atomic E-state index is 8.61. The predicted octanol–water partition coefficient (Wildman–Crippen LogP) is 1.03. The Morgan fingerprint density at radius 1 is 1.23 bits per heavy atom. The molecule has 0 aromatic heterocycles. The van der Waals surface area contributed by atoms with Crippen LogP contribution in [0.3, 0.4) is 0 Å². The van der Waals surface area contributed by atoms with Crippen LogP contribution in [0.1, 0.15) is 13.3 Å². The number of rotatable bonds is 6. The summed E-state index contributed by atoms with van der Waals surface area (Å²) in [7, 11) is 6.24. The molecule has 3 nitrogen and oxygen atoms in total. The zero-order valence-corrected chi connectivity index (χ0v) is 9.25. The lowest BCUT2D eigenvalue weighted by molar-refractivity contribution is 0.284. The molecule has 1 atom stereocenters. The van der Waals surface area contributed by atoms with Crippen molar-refractivity contribution in [3.63, 3.8) is 0 Å². The number of hydrogen-bond donors (Lipinski definition) is 0. The second kappa shape index (κ2) is 6.88. The molecule has 0 rings (SSSR count). The van der Waals surface area contributed by atoms with Crippen LogP contribution in [0.25, 0.3) is 0 Å². The molecule has 0 aliphatic heterocycles. The minimum atomic E-state index is 0.143. The fourth-order valence-electron chi connectivity index (χ4n) is 1.26. The maximum Gasteiger partial charge on any atom is 0.0666 e. The summed E-state index contributed by atoms with van der Waals surface area (Å²) in [5, 5.41) is 8.61. The third-order valence-corrected chi connectivity index (χ3v) is 1.95. The molecule has 0 aliphatic rings. The van der Waals surface area contributed by atoms with Gasteiger partial charge in [0.1, 0.15) is 0 Å². The van der Waals surface area contributed by atoms with Gasteiger partial charge in [-0.25, -0.2) is 0 Å². The summed E-state index contributed by atoms with van der Waals surface area (Å²) in [5.41, 5.74) is 0. The topological polar surface area (TPSA) is 30.3 Å². The molecule has 0 aromatic carbocycles. The van der Waals surface area contributed by atoms with Gasteiger partial charge in [0.25, 0.3) is 0 Å². The van der Waals surface area contributed by atoms with Crippen molar-refractivity contribution in [3.8, 4) is 6.07 Å². The molecule has 0 saturated carbocycles. The molecule has 1 unspecified atom stereocenters. The first-order chi connectivity index (χ1) is 6.06. The van der Waals surface area contributed by atoms with E-state index < -0.39 is 0 Å². The van der Waals surface area contributed by atoms with E-state index in [9.17, 15) is 0 Å². The van der Waals surface area contributed by atoms with Crippen molar-refractivity contribution >= 4 is 0 Å². The van der Waals surface area contributed by atoms with E-state index >= 15 is 0 Å². The minimum Gasteiger partial charge on any atom is -0.309 e. The van der Waals surface area contributed by atoms with Crippen LogP contribution >= 0.6 is 0 Å². The Labute approximate surface area is 81.9 Å². The van der Waals surface area contributed by atoms with Crippen LogP contribution in [-0.4, -0.2) is 50.6 Å². The number of nitrogens with zero attached hydrogens (tertiary/aromatic N) is 3.